The second-order valence-electron chi connectivity index (χ2n) is 15.0. The number of hydrogen-bond donors (Lipinski definition) is 0. The van der Waals surface area contributed by atoms with E-state index in [1.165, 1.54) is 4.90 Å². The molecule has 3 aliphatic rings. The maximum atomic E-state index is 12.7. The van der Waals surface area contributed by atoms with Gasteiger partial charge in [0.15, 0.2) is 0 Å². The van der Waals surface area contributed by atoms with Crippen molar-refractivity contribution in [3.63, 3.8) is 0 Å². The van der Waals surface area contributed by atoms with Gasteiger partial charge in [-0.25, -0.2) is 0 Å². The van der Waals surface area contributed by atoms with Crippen molar-refractivity contribution in [1.82, 2.24) is 4.90 Å². The summed E-state index contributed by atoms with van der Waals surface area (Å²) in [6.45, 7) is 16.5. The number of hydrogen-bond acceptors (Lipinski definition) is 19. The van der Waals surface area contributed by atoms with Gasteiger partial charge in [-0.05, 0) is 31.1 Å². The number of fused-ring (bicyclic) bond motifs is 5. The van der Waals surface area contributed by atoms with E-state index >= 15 is 0 Å². The van der Waals surface area contributed by atoms with Crippen LogP contribution in [0.4, 0.5) is 0 Å². The number of rotatable bonds is 51. The van der Waals surface area contributed by atoms with E-state index < -0.39 is 0 Å². The molecule has 20 heteroatoms. The third kappa shape index (κ3) is 27.9. The van der Waals surface area contributed by atoms with E-state index in [1.807, 2.05) is 0 Å². The predicted octanol–water partition coefficient (Wildman–Crippen LogP) is 0.930. The fourth-order valence-corrected chi connectivity index (χ4v) is 7.39. The Morgan fingerprint density at radius 3 is 0.703 bits per heavy atom. The highest BCUT2D eigenvalue weighted by molar-refractivity contribution is 6.06. The molecule has 0 N–H and O–H groups in total. The fraction of sp³-hybridized carbons (Fsp3) is 0.955. The summed E-state index contributed by atoms with van der Waals surface area (Å²) in [6.07, 6.45) is 3.23. The van der Waals surface area contributed by atoms with Crippen molar-refractivity contribution in [3.05, 3.63) is 0 Å². The molecule has 20 nitrogen and oxygen atoms in total. The lowest BCUT2D eigenvalue weighted by molar-refractivity contribution is -0.141. The van der Waals surface area contributed by atoms with Crippen molar-refractivity contribution in [2.75, 3.05) is 232 Å². The van der Waals surface area contributed by atoms with Gasteiger partial charge in [-0.1, -0.05) is 0 Å². The van der Waals surface area contributed by atoms with Gasteiger partial charge in [0, 0.05) is 7.11 Å². The number of nitrogens with zero attached hydrogens (tertiary/aromatic N) is 1. The summed E-state index contributed by atoms with van der Waals surface area (Å²) in [7, 11) is 1.64. The SMILES string of the molecule is COCCOCCOCCOCCOCCOCCOCCOCCOCCOCCOCCOCCOCCOCCOCCOCCOCCN1C(=O)C2C3CCC(C3)C2C1=O. The van der Waals surface area contributed by atoms with Crippen LogP contribution in [0.5, 0.6) is 0 Å². The Bertz CT molecular complexity index is 1050. The summed E-state index contributed by atoms with van der Waals surface area (Å²) in [5.74, 6) is 0.717. The van der Waals surface area contributed by atoms with E-state index in [9.17, 15) is 9.59 Å². The molecule has 3 fully saturated rings. The zero-order chi connectivity index (χ0) is 45.2. The van der Waals surface area contributed by atoms with Crippen molar-refractivity contribution in [2.24, 2.45) is 23.7 Å². The van der Waals surface area contributed by atoms with Gasteiger partial charge in [0.1, 0.15) is 0 Å². The molecule has 2 amide bonds. The first-order chi connectivity index (χ1) is 31.7. The summed E-state index contributed by atoms with van der Waals surface area (Å²) < 4.78 is 92.7. The van der Waals surface area contributed by atoms with Crippen LogP contribution < -0.4 is 0 Å². The second-order valence-corrected chi connectivity index (χ2v) is 15.0. The highest BCUT2D eigenvalue weighted by Crippen LogP contribution is 2.56. The molecule has 1 heterocycles. The molecule has 2 aliphatic carbocycles. The van der Waals surface area contributed by atoms with Gasteiger partial charge in [-0.15, -0.1) is 0 Å². The van der Waals surface area contributed by atoms with E-state index in [0.29, 0.717) is 236 Å². The predicted molar refractivity (Wildman–Crippen MR) is 230 cm³/mol. The van der Waals surface area contributed by atoms with Crippen LogP contribution in [0.25, 0.3) is 0 Å². The van der Waals surface area contributed by atoms with Crippen LogP contribution in [-0.2, 0) is 90.1 Å². The molecule has 0 aromatic carbocycles. The number of carbonyl (C=O) groups is 2. The Morgan fingerprint density at radius 2 is 0.500 bits per heavy atom. The summed E-state index contributed by atoms with van der Waals surface area (Å²) in [4.78, 5) is 26.8. The highest BCUT2D eigenvalue weighted by Gasteiger charge is 2.60. The quantitative estimate of drug-likeness (QED) is 0.0617. The van der Waals surface area contributed by atoms with E-state index in [0.717, 1.165) is 19.3 Å². The first-order valence-corrected chi connectivity index (χ1v) is 23.3. The Balaban J connectivity index is 0.870. The summed E-state index contributed by atoms with van der Waals surface area (Å²) in [5.41, 5.74) is 0. The molecule has 1 aliphatic heterocycles. The number of imide groups is 1. The van der Waals surface area contributed by atoms with E-state index in [1.54, 1.807) is 7.11 Å². The van der Waals surface area contributed by atoms with Gasteiger partial charge in [0.2, 0.25) is 11.8 Å². The zero-order valence-electron chi connectivity index (χ0n) is 38.7. The Morgan fingerprint density at radius 1 is 0.312 bits per heavy atom. The minimum absolute atomic E-state index is 0.0164. The molecule has 2 saturated carbocycles. The fourth-order valence-electron chi connectivity index (χ4n) is 7.39. The van der Waals surface area contributed by atoms with Gasteiger partial charge >= 0.3 is 0 Å². The number of carbonyl (C=O) groups excluding carboxylic acids is 2. The first-order valence-electron chi connectivity index (χ1n) is 23.3. The number of likely N-dealkylation sites (tertiary alicyclic amines) is 1. The first kappa shape index (κ1) is 56.8. The molecule has 0 spiro atoms. The summed E-state index contributed by atoms with van der Waals surface area (Å²) >= 11 is 0. The maximum absolute atomic E-state index is 12.7. The molecule has 1 saturated heterocycles. The van der Waals surface area contributed by atoms with Crippen LogP contribution in [0, 0.1) is 23.7 Å². The lowest BCUT2D eigenvalue weighted by atomic mass is 9.81. The highest BCUT2D eigenvalue weighted by atomic mass is 16.6. The topological polar surface area (TPSA) is 194 Å². The zero-order valence-corrected chi connectivity index (χ0v) is 38.7. The normalized spacial score (nSPS) is 19.2. The van der Waals surface area contributed by atoms with E-state index in [2.05, 4.69) is 0 Å². The van der Waals surface area contributed by atoms with Gasteiger partial charge in [0.25, 0.3) is 0 Å². The van der Waals surface area contributed by atoms with E-state index in [4.69, 9.17) is 80.5 Å². The summed E-state index contributed by atoms with van der Waals surface area (Å²) in [5, 5.41) is 0. The van der Waals surface area contributed by atoms with Gasteiger partial charge in [-0.3, -0.25) is 14.5 Å². The van der Waals surface area contributed by atoms with Crippen LogP contribution in [-0.4, -0.2) is 248 Å². The maximum Gasteiger partial charge on any atom is 0.233 e. The summed E-state index contributed by atoms with van der Waals surface area (Å²) in [6, 6.07) is 0. The molecule has 4 unspecified atom stereocenters. The van der Waals surface area contributed by atoms with Crippen LogP contribution in [0.3, 0.4) is 0 Å². The molecular formula is C44H81NO19. The van der Waals surface area contributed by atoms with Crippen molar-refractivity contribution in [1.29, 1.82) is 0 Å². The van der Waals surface area contributed by atoms with Crippen molar-refractivity contribution in [2.45, 2.75) is 19.3 Å². The monoisotopic (exact) mass is 928 g/mol. The minimum Gasteiger partial charge on any atom is -0.382 e. The largest absolute Gasteiger partial charge is 0.382 e. The minimum atomic E-state index is -0.0681. The molecule has 0 radical (unpaired) electrons. The van der Waals surface area contributed by atoms with Crippen molar-refractivity contribution < 1.29 is 90.1 Å². The molecule has 3 rings (SSSR count). The number of amides is 2. The second kappa shape index (κ2) is 41.6. The van der Waals surface area contributed by atoms with Crippen LogP contribution in [0.2, 0.25) is 0 Å². The van der Waals surface area contributed by atoms with Gasteiger partial charge in [0.05, 0.1) is 236 Å². The average molecular weight is 928 g/mol. The molecule has 64 heavy (non-hydrogen) atoms. The van der Waals surface area contributed by atoms with Crippen LogP contribution >= 0.6 is 0 Å². The van der Waals surface area contributed by atoms with E-state index in [-0.39, 0.29) is 23.7 Å². The average Bonchev–Trinajstić information content (AvgIpc) is 4.00. The van der Waals surface area contributed by atoms with Gasteiger partial charge < -0.3 is 80.5 Å². The molecule has 0 aromatic heterocycles. The van der Waals surface area contributed by atoms with Crippen molar-refractivity contribution >= 4 is 11.8 Å². The molecule has 0 aromatic rings. The lowest BCUT2D eigenvalue weighted by Crippen LogP contribution is -2.35. The molecule has 376 valence electrons. The van der Waals surface area contributed by atoms with Crippen LogP contribution in [0.15, 0.2) is 0 Å². The lowest BCUT2D eigenvalue weighted by Gasteiger charge is -2.19. The Kier molecular flexibility index (Phi) is 36.9. The third-order valence-corrected chi connectivity index (χ3v) is 10.5. The standard InChI is InChI=1S/C44H81NO19/c1-48-6-7-50-10-11-52-14-15-54-18-19-56-22-23-58-26-27-60-30-31-62-34-35-64-37-36-63-33-32-61-29-28-59-25-24-57-21-20-55-17-16-53-13-12-51-9-8-49-5-4-45-43(46)41-39-2-3-40(38-39)42(41)44(45)47/h39-42H,2-38H2,1H3. The molecular weight excluding hydrogens is 846 g/mol. The van der Waals surface area contributed by atoms with Gasteiger partial charge in [-0.2, -0.15) is 0 Å². The Labute approximate surface area is 380 Å². The Hall–Kier alpha value is -1.54. The van der Waals surface area contributed by atoms with Crippen molar-refractivity contribution in [3.8, 4) is 0 Å². The number of methoxy groups -OCH3 is 1. The van der Waals surface area contributed by atoms with Crippen LogP contribution in [0.1, 0.15) is 19.3 Å². The smallest absolute Gasteiger partial charge is 0.233 e. The number of ether oxygens (including phenoxy) is 17. The molecule has 2 bridgehead atoms. The molecule has 4 atom stereocenters. The third-order valence-electron chi connectivity index (χ3n) is 10.5.